The maximum atomic E-state index is 9.24. The summed E-state index contributed by atoms with van der Waals surface area (Å²) in [4.78, 5) is 6.72. The highest BCUT2D eigenvalue weighted by Gasteiger charge is 2.20. The summed E-state index contributed by atoms with van der Waals surface area (Å²) in [5, 5.41) is 15.5. The van der Waals surface area contributed by atoms with E-state index in [2.05, 4.69) is 20.5 Å². The van der Waals surface area contributed by atoms with E-state index < -0.39 is 0 Å². The second kappa shape index (κ2) is 6.28. The van der Waals surface area contributed by atoms with Crippen molar-refractivity contribution in [2.75, 3.05) is 26.2 Å². The van der Waals surface area contributed by atoms with E-state index in [1.165, 1.54) is 0 Å². The van der Waals surface area contributed by atoms with Crippen molar-refractivity contribution >= 4 is 5.96 Å². The second-order valence-electron chi connectivity index (χ2n) is 6.17. The first-order chi connectivity index (χ1) is 9.50. The summed E-state index contributed by atoms with van der Waals surface area (Å²) >= 11 is 0. The first-order valence-electron chi connectivity index (χ1n) is 7.06. The highest BCUT2D eigenvalue weighted by molar-refractivity contribution is 5.82. The number of likely N-dealkylation sites (tertiary alicyclic amines) is 1. The zero-order chi connectivity index (χ0) is 14.6. The minimum Gasteiger partial charge on any atom is -0.396 e. The van der Waals surface area contributed by atoms with Gasteiger partial charge in [-0.05, 0) is 12.5 Å². The first kappa shape index (κ1) is 14.9. The molecule has 112 valence electrons. The number of aliphatic hydroxyl groups excluding tert-OH is 1. The summed E-state index contributed by atoms with van der Waals surface area (Å²) in [6, 6.07) is 0.263. The highest BCUT2D eigenvalue weighted by atomic mass is 16.3. The number of allylic oxidation sites excluding steroid dienone is 1. The van der Waals surface area contributed by atoms with Crippen LogP contribution in [0.3, 0.4) is 0 Å². The van der Waals surface area contributed by atoms with Gasteiger partial charge in [-0.15, -0.1) is 0 Å². The molecule has 2 rings (SSSR count). The Morgan fingerprint density at radius 1 is 1.50 bits per heavy atom. The molecule has 20 heavy (non-hydrogen) atoms. The number of hydrogen-bond acceptors (Lipinski definition) is 4. The van der Waals surface area contributed by atoms with Crippen LogP contribution in [0.25, 0.3) is 0 Å². The van der Waals surface area contributed by atoms with E-state index in [-0.39, 0.29) is 18.1 Å². The van der Waals surface area contributed by atoms with Gasteiger partial charge < -0.3 is 26.4 Å². The van der Waals surface area contributed by atoms with E-state index in [9.17, 15) is 5.11 Å². The van der Waals surface area contributed by atoms with Gasteiger partial charge in [-0.25, -0.2) is 0 Å². The molecule has 1 saturated heterocycles. The van der Waals surface area contributed by atoms with Crippen molar-refractivity contribution in [2.45, 2.75) is 26.3 Å². The van der Waals surface area contributed by atoms with E-state index in [0.717, 1.165) is 25.2 Å². The molecule has 0 saturated carbocycles. The number of guanidine groups is 1. The Morgan fingerprint density at radius 3 is 2.95 bits per heavy atom. The molecule has 0 aromatic rings. The van der Waals surface area contributed by atoms with Crippen LogP contribution in [-0.2, 0) is 0 Å². The van der Waals surface area contributed by atoms with Crippen molar-refractivity contribution in [3.8, 4) is 0 Å². The molecule has 0 bridgehead atoms. The summed E-state index contributed by atoms with van der Waals surface area (Å²) in [6.07, 6.45) is 6.87. The van der Waals surface area contributed by atoms with Gasteiger partial charge in [0, 0.05) is 43.6 Å². The molecular weight excluding hydrogens is 254 g/mol. The van der Waals surface area contributed by atoms with E-state index >= 15 is 0 Å². The number of nitrogens with zero attached hydrogens (tertiary/aromatic N) is 2. The van der Waals surface area contributed by atoms with Gasteiger partial charge in [0.05, 0.1) is 12.2 Å². The molecule has 0 aromatic carbocycles. The van der Waals surface area contributed by atoms with Crippen molar-refractivity contribution in [1.29, 1.82) is 0 Å². The molecule has 1 atom stereocenters. The number of nitrogens with one attached hydrogen (secondary N) is 2. The van der Waals surface area contributed by atoms with Gasteiger partial charge in [-0.1, -0.05) is 13.8 Å². The van der Waals surface area contributed by atoms with E-state index in [0.29, 0.717) is 12.5 Å². The third-order valence-electron chi connectivity index (χ3n) is 3.51. The topological polar surface area (TPSA) is 85.9 Å². The summed E-state index contributed by atoms with van der Waals surface area (Å²) < 4.78 is 0. The van der Waals surface area contributed by atoms with Crippen LogP contribution in [0.4, 0.5) is 0 Å². The van der Waals surface area contributed by atoms with Crippen molar-refractivity contribution in [3.05, 3.63) is 24.2 Å². The van der Waals surface area contributed by atoms with Crippen LogP contribution in [0, 0.1) is 5.41 Å². The number of aliphatic imine (C=N–C) groups is 1. The average Bonchev–Trinajstić information content (AvgIpc) is 2.72. The normalized spacial score (nSPS) is 25.2. The smallest absolute Gasteiger partial charge is 0.199 e. The number of rotatable bonds is 4. The molecule has 5 N–H and O–H groups in total. The second-order valence-corrected chi connectivity index (χ2v) is 6.17. The maximum Gasteiger partial charge on any atom is 0.199 e. The van der Waals surface area contributed by atoms with Crippen molar-refractivity contribution < 1.29 is 5.11 Å². The molecule has 0 amide bonds. The summed E-state index contributed by atoms with van der Waals surface area (Å²) in [5.41, 5.74) is 6.83. The van der Waals surface area contributed by atoms with Crippen molar-refractivity contribution in [3.63, 3.8) is 0 Å². The van der Waals surface area contributed by atoms with Gasteiger partial charge in [-0.2, -0.15) is 0 Å². The Balaban J connectivity index is 1.96. The van der Waals surface area contributed by atoms with Gasteiger partial charge >= 0.3 is 0 Å². The lowest BCUT2D eigenvalue weighted by atomic mass is 9.95. The number of nitrogens with two attached hydrogens (primary N) is 1. The van der Waals surface area contributed by atoms with Crippen LogP contribution in [0.15, 0.2) is 29.2 Å². The fourth-order valence-corrected chi connectivity index (χ4v) is 2.09. The van der Waals surface area contributed by atoms with Crippen molar-refractivity contribution in [2.24, 2.45) is 16.1 Å². The highest BCUT2D eigenvalue weighted by Crippen LogP contribution is 2.16. The third kappa shape index (κ3) is 3.98. The van der Waals surface area contributed by atoms with Gasteiger partial charge in [0.2, 0.25) is 0 Å². The fraction of sp³-hybridized carbons (Fsp3) is 0.643. The van der Waals surface area contributed by atoms with Crippen molar-refractivity contribution in [1.82, 2.24) is 15.5 Å². The van der Waals surface area contributed by atoms with Gasteiger partial charge in [-0.3, -0.25) is 4.99 Å². The quantitative estimate of drug-likeness (QED) is 0.579. The minimum absolute atomic E-state index is 0.117. The predicted molar refractivity (Wildman–Crippen MR) is 80.8 cm³/mol. The third-order valence-corrected chi connectivity index (χ3v) is 3.51. The van der Waals surface area contributed by atoms with Crippen LogP contribution in [-0.4, -0.2) is 48.2 Å². The molecule has 0 aliphatic carbocycles. The maximum absolute atomic E-state index is 9.24. The number of aliphatic hydroxyl groups is 1. The summed E-state index contributed by atoms with van der Waals surface area (Å²) in [5.74, 6) is 0.696. The van der Waals surface area contributed by atoms with Gasteiger partial charge in [0.15, 0.2) is 5.96 Å². The van der Waals surface area contributed by atoms with Gasteiger partial charge in [0.1, 0.15) is 0 Å². The molecule has 2 aliphatic heterocycles. The molecule has 6 nitrogen and oxygen atoms in total. The SMILES string of the molecule is CC(C)(CO)CN=C1NC=CC(N2CC[C@H](N)C2)=CN1. The lowest BCUT2D eigenvalue weighted by molar-refractivity contribution is 0.167. The zero-order valence-corrected chi connectivity index (χ0v) is 12.3. The lowest BCUT2D eigenvalue weighted by Gasteiger charge is -2.19. The molecule has 0 unspecified atom stereocenters. The van der Waals surface area contributed by atoms with E-state index in [1.54, 1.807) is 0 Å². The minimum atomic E-state index is -0.208. The lowest BCUT2D eigenvalue weighted by Crippen LogP contribution is -2.32. The van der Waals surface area contributed by atoms with Crippen LogP contribution >= 0.6 is 0 Å². The van der Waals surface area contributed by atoms with Crippen LogP contribution in [0.2, 0.25) is 0 Å². The Labute approximate surface area is 120 Å². The summed E-state index contributed by atoms with van der Waals surface area (Å²) in [7, 11) is 0. The molecule has 0 aromatic heterocycles. The molecular formula is C14H25N5O. The molecule has 1 fully saturated rings. The Morgan fingerprint density at radius 2 is 2.30 bits per heavy atom. The van der Waals surface area contributed by atoms with E-state index in [1.807, 2.05) is 32.3 Å². The van der Waals surface area contributed by atoms with Crippen LogP contribution < -0.4 is 16.4 Å². The monoisotopic (exact) mass is 279 g/mol. The first-order valence-corrected chi connectivity index (χ1v) is 7.06. The molecule has 2 heterocycles. The number of hydrogen-bond donors (Lipinski definition) is 4. The average molecular weight is 279 g/mol. The largest absolute Gasteiger partial charge is 0.396 e. The fourth-order valence-electron chi connectivity index (χ4n) is 2.09. The van der Waals surface area contributed by atoms with Gasteiger partial charge in [0.25, 0.3) is 0 Å². The predicted octanol–water partition coefficient (Wildman–Crippen LogP) is -0.0582. The molecule has 6 heteroatoms. The summed E-state index contributed by atoms with van der Waals surface area (Å²) in [6.45, 7) is 6.52. The molecule has 0 spiro atoms. The van der Waals surface area contributed by atoms with E-state index in [4.69, 9.17) is 5.73 Å². The Kier molecular flexibility index (Phi) is 4.67. The molecule has 0 radical (unpaired) electrons. The Bertz CT molecular complexity index is 427. The van der Waals surface area contributed by atoms with Crippen LogP contribution in [0.1, 0.15) is 20.3 Å². The standard InChI is InChI=1S/C14H25N5O/c1-14(2,10-20)9-18-13-16-5-3-12(7-17-13)19-6-4-11(15)8-19/h3,5,7,11,20H,4,6,8-10,15H2,1-2H3,(H2,16,17,18)/t11-/m0/s1. The Hall–Kier alpha value is -1.53. The molecule has 2 aliphatic rings. The van der Waals surface area contributed by atoms with Crippen LogP contribution in [0.5, 0.6) is 0 Å². The zero-order valence-electron chi connectivity index (χ0n) is 12.3.